The molecule has 160 valence electrons. The molecule has 0 aliphatic rings. The maximum atomic E-state index is 12.7. The van der Waals surface area contributed by atoms with Crippen molar-refractivity contribution >= 4 is 21.9 Å². The van der Waals surface area contributed by atoms with Crippen LogP contribution in [0.2, 0.25) is 0 Å². The largest absolute Gasteiger partial charge is 1.00 e. The van der Waals surface area contributed by atoms with Gasteiger partial charge >= 0.3 is 35.5 Å². The minimum atomic E-state index is -4.86. The van der Waals surface area contributed by atoms with Gasteiger partial charge in [-0.25, -0.2) is 0 Å². The van der Waals surface area contributed by atoms with E-state index in [4.69, 9.17) is 20.8 Å². The Kier molecular flexibility index (Phi) is 12.4. The van der Waals surface area contributed by atoms with E-state index in [-0.39, 0.29) is 43.5 Å². The van der Waals surface area contributed by atoms with Gasteiger partial charge in [-0.3, -0.25) is 14.1 Å². The molecule has 0 saturated heterocycles. The van der Waals surface area contributed by atoms with Gasteiger partial charge in [0.2, 0.25) is 0 Å². The Bertz CT molecular complexity index is 765. The van der Waals surface area contributed by atoms with Gasteiger partial charge in [-0.05, 0) is 24.3 Å². The summed E-state index contributed by atoms with van der Waals surface area (Å²) in [4.78, 5) is 25.2. The van der Waals surface area contributed by atoms with E-state index >= 15 is 0 Å². The summed E-state index contributed by atoms with van der Waals surface area (Å²) >= 11 is 0. The summed E-state index contributed by atoms with van der Waals surface area (Å²) in [6.07, 6.45) is -0.239. The zero-order valence-electron chi connectivity index (χ0n) is 17.9. The van der Waals surface area contributed by atoms with Crippen molar-refractivity contribution in [2.24, 2.45) is 23.3 Å². The van der Waals surface area contributed by atoms with Gasteiger partial charge in [-0.2, -0.15) is 8.42 Å². The van der Waals surface area contributed by atoms with Crippen molar-refractivity contribution in [1.82, 2.24) is 0 Å². The second-order valence-corrected chi connectivity index (χ2v) is 8.60. The zero-order chi connectivity index (χ0) is 21.5. The summed E-state index contributed by atoms with van der Waals surface area (Å²) in [6.45, 7) is 3.60. The minimum absolute atomic E-state index is 0. The number of esters is 1. The molecular weight excluding hydrogens is 411 g/mol. The smallest absolute Gasteiger partial charge is 1.00 e. The monoisotopic (exact) mass is 440 g/mol. The fraction of sp³-hybridized carbons (Fsp3) is 0.556. The van der Waals surface area contributed by atoms with Gasteiger partial charge in [0.1, 0.15) is 12.5 Å². The van der Waals surface area contributed by atoms with Crippen LogP contribution in [-0.4, -0.2) is 47.3 Å². The van der Waals surface area contributed by atoms with Crippen molar-refractivity contribution in [2.45, 2.75) is 50.8 Å². The van der Waals surface area contributed by atoms with Crippen LogP contribution in [0.25, 0.3) is 0 Å². The van der Waals surface area contributed by atoms with E-state index in [0.717, 1.165) is 0 Å². The fourth-order valence-electron chi connectivity index (χ4n) is 2.65. The molecule has 0 aliphatic carbocycles. The number of ketones is 1. The van der Waals surface area contributed by atoms with Crippen LogP contribution in [0.3, 0.4) is 0 Å². The number of nitrogens with two attached hydrogens (primary N) is 2. The molecule has 0 aliphatic heterocycles. The van der Waals surface area contributed by atoms with Crippen molar-refractivity contribution < 1.29 is 63.4 Å². The molecule has 29 heavy (non-hydrogen) atoms. The molecule has 1 aromatic rings. The SMILES string of the molecule is CC(C)C[C@@H](N)C(=O)C(CC(N)C(O)S(=O)(=O)O)C(=O)OCc1ccccc1.[H-].[Na+]. The number of aliphatic hydroxyl groups excluding tert-OH is 1. The molecule has 1 aromatic carbocycles. The van der Waals surface area contributed by atoms with Crippen LogP contribution in [0.1, 0.15) is 33.7 Å². The van der Waals surface area contributed by atoms with Gasteiger partial charge in [-0.15, -0.1) is 0 Å². The molecule has 0 saturated carbocycles. The molecule has 11 heteroatoms. The number of hydrogen-bond acceptors (Lipinski definition) is 8. The fourth-order valence-corrected chi connectivity index (χ4v) is 3.20. The van der Waals surface area contributed by atoms with Gasteiger partial charge < -0.3 is 22.7 Å². The third-order valence-electron chi connectivity index (χ3n) is 4.12. The standard InChI is InChI=1S/C18H28N2O7S.Na.H/c1-11(2)8-14(19)16(21)13(9-15(20)18(23)28(24,25)26)17(22)27-10-12-6-4-3-5-7-12;;/h3-7,11,13-15,18,23H,8-10,19-20H2,1-2H3,(H,24,25,26);;/q;+1;-1/t13?,14-,15?,18?;;/m1../s1. The van der Waals surface area contributed by atoms with Crippen LogP contribution in [0.4, 0.5) is 0 Å². The number of benzene rings is 1. The average Bonchev–Trinajstić information content (AvgIpc) is 2.62. The van der Waals surface area contributed by atoms with Crippen molar-refractivity contribution in [3.8, 4) is 0 Å². The second-order valence-electron chi connectivity index (χ2n) is 7.09. The molecule has 0 radical (unpaired) electrons. The third kappa shape index (κ3) is 9.67. The van der Waals surface area contributed by atoms with E-state index in [1.54, 1.807) is 30.3 Å². The third-order valence-corrected chi connectivity index (χ3v) is 5.08. The molecule has 0 amide bonds. The van der Waals surface area contributed by atoms with E-state index in [0.29, 0.717) is 12.0 Å². The van der Waals surface area contributed by atoms with Crippen LogP contribution < -0.4 is 41.0 Å². The van der Waals surface area contributed by atoms with E-state index in [9.17, 15) is 23.1 Å². The number of ether oxygens (including phenoxy) is 1. The predicted molar refractivity (Wildman–Crippen MR) is 103 cm³/mol. The predicted octanol–water partition coefficient (Wildman–Crippen LogP) is -2.67. The summed E-state index contributed by atoms with van der Waals surface area (Å²) in [6, 6.07) is 6.18. The van der Waals surface area contributed by atoms with Gasteiger partial charge in [0.15, 0.2) is 11.2 Å². The van der Waals surface area contributed by atoms with Gasteiger partial charge in [0.25, 0.3) is 10.1 Å². The molecule has 0 bridgehead atoms. The molecule has 6 N–H and O–H groups in total. The molecule has 4 atom stereocenters. The van der Waals surface area contributed by atoms with E-state index < -0.39 is 51.7 Å². The Morgan fingerprint density at radius 2 is 1.69 bits per heavy atom. The van der Waals surface area contributed by atoms with Crippen molar-refractivity contribution in [3.05, 3.63) is 35.9 Å². The number of Topliss-reactive ketones (excluding diaryl/α,β-unsaturated/α-hetero) is 1. The van der Waals surface area contributed by atoms with Crippen LogP contribution >= 0.6 is 0 Å². The molecule has 0 heterocycles. The summed E-state index contributed by atoms with van der Waals surface area (Å²) in [5.41, 5.74) is 9.82. The first-order valence-electron chi connectivity index (χ1n) is 8.83. The second kappa shape index (κ2) is 12.8. The molecular formula is C18H29N2NaO7S. The van der Waals surface area contributed by atoms with Crippen LogP contribution in [0, 0.1) is 11.8 Å². The molecule has 0 spiro atoms. The van der Waals surface area contributed by atoms with E-state index in [2.05, 4.69) is 0 Å². The molecule has 9 nitrogen and oxygen atoms in total. The molecule has 1 rings (SSSR count). The van der Waals surface area contributed by atoms with Crippen molar-refractivity contribution in [2.75, 3.05) is 0 Å². The zero-order valence-corrected chi connectivity index (χ0v) is 19.7. The number of hydrogen-bond donors (Lipinski definition) is 4. The first-order chi connectivity index (χ1) is 12.9. The quantitative estimate of drug-likeness (QED) is 0.124. The first kappa shape index (κ1) is 28.1. The van der Waals surface area contributed by atoms with Crippen LogP contribution in [0.15, 0.2) is 30.3 Å². The molecule has 0 aromatic heterocycles. The maximum Gasteiger partial charge on any atom is 1.00 e. The van der Waals surface area contributed by atoms with Gasteiger partial charge in [0, 0.05) is 6.04 Å². The van der Waals surface area contributed by atoms with Crippen molar-refractivity contribution in [1.29, 1.82) is 0 Å². The Morgan fingerprint density at radius 1 is 1.14 bits per heavy atom. The van der Waals surface area contributed by atoms with Gasteiger partial charge in [0.05, 0.1) is 6.04 Å². The molecule has 3 unspecified atom stereocenters. The summed E-state index contributed by atoms with van der Waals surface area (Å²) < 4.78 is 36.3. The normalized spacial score (nSPS) is 15.7. The first-order valence-corrected chi connectivity index (χ1v) is 10.3. The Hall–Kier alpha value is -0.850. The average molecular weight is 440 g/mol. The van der Waals surface area contributed by atoms with Crippen molar-refractivity contribution in [3.63, 3.8) is 0 Å². The topological polar surface area (TPSA) is 170 Å². The summed E-state index contributed by atoms with van der Waals surface area (Å²) in [5, 5.41) is 9.60. The number of carbonyl (C=O) groups excluding carboxylic acids is 2. The maximum absolute atomic E-state index is 12.7. The summed E-state index contributed by atoms with van der Waals surface area (Å²) in [5.74, 6) is -2.98. The van der Waals surface area contributed by atoms with E-state index in [1.807, 2.05) is 13.8 Å². The van der Waals surface area contributed by atoms with Gasteiger partial charge in [-0.1, -0.05) is 44.2 Å². The van der Waals surface area contributed by atoms with Crippen LogP contribution in [-0.2, 0) is 31.1 Å². The number of carbonyl (C=O) groups is 2. The summed E-state index contributed by atoms with van der Waals surface area (Å²) in [7, 11) is -4.86. The van der Waals surface area contributed by atoms with Crippen LogP contribution in [0.5, 0.6) is 0 Å². The minimum Gasteiger partial charge on any atom is -1.00 e. The molecule has 0 fully saturated rings. The Labute approximate surface area is 194 Å². The Balaban J connectivity index is 0. The van der Waals surface area contributed by atoms with E-state index in [1.165, 1.54) is 0 Å². The number of aliphatic hydroxyl groups is 1. The Morgan fingerprint density at radius 3 is 2.17 bits per heavy atom. The number of rotatable bonds is 11.